The molecule has 0 saturated heterocycles. The van der Waals surface area contributed by atoms with E-state index < -0.39 is 16.6 Å². The van der Waals surface area contributed by atoms with E-state index in [4.69, 9.17) is 8.85 Å². The van der Waals surface area contributed by atoms with Crippen molar-refractivity contribution in [3.8, 4) is 0 Å². The SMILES string of the molecule is CC(C)(C)[Si](C)(C)OCC[C@H](CCO)O[Si](C)(C)C(C)(C)C. The van der Waals surface area contributed by atoms with Gasteiger partial charge in [-0.25, -0.2) is 0 Å². The predicted molar refractivity (Wildman–Crippen MR) is 102 cm³/mol. The second-order valence-electron chi connectivity index (χ2n) is 9.41. The number of hydrogen-bond donors (Lipinski definition) is 1. The van der Waals surface area contributed by atoms with E-state index in [0.717, 1.165) is 13.0 Å². The van der Waals surface area contributed by atoms with E-state index in [1.165, 1.54) is 0 Å². The van der Waals surface area contributed by atoms with Gasteiger partial charge >= 0.3 is 0 Å². The highest BCUT2D eigenvalue weighted by Gasteiger charge is 2.40. The minimum absolute atomic E-state index is 0.107. The fourth-order valence-corrected chi connectivity index (χ4v) is 4.15. The lowest BCUT2D eigenvalue weighted by atomic mass is 10.2. The Balaban J connectivity index is 4.62. The molecule has 0 aromatic carbocycles. The highest BCUT2D eigenvalue weighted by atomic mass is 28.4. The van der Waals surface area contributed by atoms with Crippen LogP contribution in [0, 0.1) is 0 Å². The van der Waals surface area contributed by atoms with Gasteiger partial charge in [0.05, 0.1) is 0 Å². The van der Waals surface area contributed by atoms with Gasteiger partial charge in [0.2, 0.25) is 0 Å². The summed E-state index contributed by atoms with van der Waals surface area (Å²) in [6.45, 7) is 23.5. The van der Waals surface area contributed by atoms with Gasteiger partial charge in [-0.3, -0.25) is 0 Å². The molecule has 0 aliphatic carbocycles. The maximum Gasteiger partial charge on any atom is 0.192 e. The molecule has 0 aromatic rings. The first-order valence-corrected chi connectivity index (χ1v) is 14.4. The lowest BCUT2D eigenvalue weighted by Gasteiger charge is -2.40. The Hall–Kier alpha value is 0.314. The predicted octanol–water partition coefficient (Wildman–Crippen LogP) is 5.17. The van der Waals surface area contributed by atoms with Crippen molar-refractivity contribution in [2.24, 2.45) is 0 Å². The van der Waals surface area contributed by atoms with Crippen LogP contribution in [0.5, 0.6) is 0 Å². The van der Waals surface area contributed by atoms with E-state index in [9.17, 15) is 5.11 Å². The molecule has 0 rings (SSSR count). The largest absolute Gasteiger partial charge is 0.417 e. The monoisotopic (exact) mass is 348 g/mol. The second kappa shape index (κ2) is 7.92. The van der Waals surface area contributed by atoms with Crippen molar-refractivity contribution in [3.05, 3.63) is 0 Å². The van der Waals surface area contributed by atoms with Crippen molar-refractivity contribution in [3.63, 3.8) is 0 Å². The normalized spacial score (nSPS) is 16.0. The zero-order valence-corrected chi connectivity index (χ0v) is 18.7. The zero-order valence-electron chi connectivity index (χ0n) is 16.7. The lowest BCUT2D eigenvalue weighted by molar-refractivity contribution is 0.112. The van der Waals surface area contributed by atoms with E-state index in [1.54, 1.807) is 0 Å². The first-order valence-electron chi connectivity index (χ1n) is 8.57. The number of hydrogen-bond acceptors (Lipinski definition) is 3. The topological polar surface area (TPSA) is 38.7 Å². The quantitative estimate of drug-likeness (QED) is 0.615. The first kappa shape index (κ1) is 22.3. The van der Waals surface area contributed by atoms with Crippen molar-refractivity contribution >= 4 is 16.6 Å². The number of aliphatic hydroxyl groups is 1. The maximum absolute atomic E-state index is 9.33. The molecular formula is C17H40O3Si2. The van der Waals surface area contributed by atoms with E-state index in [-0.39, 0.29) is 22.8 Å². The molecule has 0 saturated carbocycles. The van der Waals surface area contributed by atoms with Gasteiger partial charge in [0.25, 0.3) is 0 Å². The molecular weight excluding hydrogens is 308 g/mol. The average molecular weight is 349 g/mol. The molecule has 1 atom stereocenters. The standard InChI is InChI=1S/C17H40O3Si2/c1-16(2,3)21(7,8)19-14-12-15(11-13-18)20-22(9,10)17(4,5)6/h15,18H,11-14H2,1-10H3/t15-/m0/s1. The van der Waals surface area contributed by atoms with E-state index >= 15 is 0 Å². The smallest absolute Gasteiger partial charge is 0.192 e. The highest BCUT2D eigenvalue weighted by Crippen LogP contribution is 2.39. The van der Waals surface area contributed by atoms with Gasteiger partial charge in [0.1, 0.15) is 0 Å². The third-order valence-corrected chi connectivity index (χ3v) is 14.5. The molecule has 22 heavy (non-hydrogen) atoms. The number of rotatable bonds is 8. The van der Waals surface area contributed by atoms with E-state index in [1.807, 2.05) is 0 Å². The molecule has 1 N–H and O–H groups in total. The molecule has 0 unspecified atom stereocenters. The molecule has 0 fully saturated rings. The Morgan fingerprint density at radius 1 is 0.818 bits per heavy atom. The van der Waals surface area contributed by atoms with Crippen LogP contribution in [0.15, 0.2) is 0 Å². The van der Waals surface area contributed by atoms with Gasteiger partial charge in [-0.1, -0.05) is 41.5 Å². The van der Waals surface area contributed by atoms with Gasteiger partial charge in [0, 0.05) is 19.3 Å². The third-order valence-electron chi connectivity index (χ3n) is 5.43. The highest BCUT2D eigenvalue weighted by molar-refractivity contribution is 6.74. The third kappa shape index (κ3) is 6.83. The minimum Gasteiger partial charge on any atom is -0.417 e. The number of aliphatic hydroxyl groups excluding tert-OH is 1. The Morgan fingerprint density at radius 2 is 1.27 bits per heavy atom. The van der Waals surface area contributed by atoms with Crippen LogP contribution in [0.4, 0.5) is 0 Å². The fourth-order valence-electron chi connectivity index (χ4n) is 1.66. The van der Waals surface area contributed by atoms with Crippen LogP contribution >= 0.6 is 0 Å². The van der Waals surface area contributed by atoms with Crippen LogP contribution in [0.25, 0.3) is 0 Å². The van der Waals surface area contributed by atoms with Gasteiger partial charge < -0.3 is 14.0 Å². The van der Waals surface area contributed by atoms with E-state index in [0.29, 0.717) is 6.42 Å². The van der Waals surface area contributed by atoms with Crippen molar-refractivity contribution in [1.82, 2.24) is 0 Å². The summed E-state index contributed by atoms with van der Waals surface area (Å²) < 4.78 is 12.7. The zero-order chi connectivity index (χ0) is 17.8. The Labute approximate surface area is 141 Å². The molecule has 0 radical (unpaired) electrons. The molecule has 0 heterocycles. The summed E-state index contributed by atoms with van der Waals surface area (Å²) in [5, 5.41) is 9.76. The molecule has 3 nitrogen and oxygen atoms in total. The summed E-state index contributed by atoms with van der Waals surface area (Å²) >= 11 is 0. The lowest BCUT2D eigenvalue weighted by Crippen LogP contribution is -2.45. The molecule has 5 heteroatoms. The minimum atomic E-state index is -1.79. The van der Waals surface area contributed by atoms with Crippen LogP contribution in [0.3, 0.4) is 0 Å². The van der Waals surface area contributed by atoms with Gasteiger partial charge in [0.15, 0.2) is 16.6 Å². The van der Waals surface area contributed by atoms with Crippen LogP contribution in [0.1, 0.15) is 54.4 Å². The molecule has 0 bridgehead atoms. The van der Waals surface area contributed by atoms with Crippen molar-refractivity contribution in [2.75, 3.05) is 13.2 Å². The second-order valence-corrected chi connectivity index (χ2v) is 19.0. The van der Waals surface area contributed by atoms with Gasteiger partial charge in [-0.15, -0.1) is 0 Å². The first-order chi connectivity index (χ1) is 9.64. The summed E-state index contributed by atoms with van der Waals surface area (Å²) in [5.41, 5.74) is 0. The summed E-state index contributed by atoms with van der Waals surface area (Å²) in [6, 6.07) is 0. The van der Waals surface area contributed by atoms with Crippen LogP contribution in [0.2, 0.25) is 36.3 Å². The maximum atomic E-state index is 9.33. The van der Waals surface area contributed by atoms with Gasteiger partial charge in [-0.05, 0) is 49.1 Å². The average Bonchev–Trinajstić information content (AvgIpc) is 2.25. The Morgan fingerprint density at radius 3 is 1.64 bits per heavy atom. The van der Waals surface area contributed by atoms with Crippen LogP contribution < -0.4 is 0 Å². The molecule has 0 aliphatic heterocycles. The molecule has 134 valence electrons. The van der Waals surface area contributed by atoms with Crippen molar-refractivity contribution in [2.45, 2.75) is 96.8 Å². The summed E-state index contributed by atoms with van der Waals surface area (Å²) in [7, 11) is -3.49. The van der Waals surface area contributed by atoms with Gasteiger partial charge in [-0.2, -0.15) is 0 Å². The molecule has 0 amide bonds. The van der Waals surface area contributed by atoms with Crippen molar-refractivity contribution < 1.29 is 14.0 Å². The summed E-state index contributed by atoms with van der Waals surface area (Å²) in [5.74, 6) is 0. The fraction of sp³-hybridized carbons (Fsp3) is 1.00. The molecule has 0 aromatic heterocycles. The van der Waals surface area contributed by atoms with E-state index in [2.05, 4.69) is 67.7 Å². The molecule has 0 spiro atoms. The summed E-state index contributed by atoms with van der Waals surface area (Å²) in [4.78, 5) is 0. The molecule has 0 aliphatic rings. The van der Waals surface area contributed by atoms with Crippen LogP contribution in [-0.4, -0.2) is 41.1 Å². The Kier molecular flexibility index (Phi) is 8.04. The van der Waals surface area contributed by atoms with Crippen molar-refractivity contribution in [1.29, 1.82) is 0 Å². The summed E-state index contributed by atoms with van der Waals surface area (Å²) in [6.07, 6.45) is 1.68. The van der Waals surface area contributed by atoms with Crippen LogP contribution in [-0.2, 0) is 8.85 Å². The Bertz CT molecular complexity index is 328.